The van der Waals surface area contributed by atoms with E-state index in [4.69, 9.17) is 14.9 Å². The van der Waals surface area contributed by atoms with Crippen LogP contribution in [0, 0.1) is 0 Å². The van der Waals surface area contributed by atoms with Crippen LogP contribution in [-0.4, -0.2) is 40.0 Å². The van der Waals surface area contributed by atoms with E-state index in [0.29, 0.717) is 24.9 Å². The molecule has 2 aromatic heterocycles. The van der Waals surface area contributed by atoms with E-state index in [9.17, 15) is 9.59 Å². The van der Waals surface area contributed by atoms with Crippen LogP contribution in [0.15, 0.2) is 44.3 Å². The Labute approximate surface area is 173 Å². The van der Waals surface area contributed by atoms with Crippen molar-refractivity contribution in [3.8, 4) is 0 Å². The average Bonchev–Trinajstić information content (AvgIpc) is 3.19. The molecule has 0 aliphatic rings. The molecule has 2 heterocycles. The Bertz CT molecular complexity index is 1090. The van der Waals surface area contributed by atoms with Gasteiger partial charge in [0.2, 0.25) is 11.8 Å². The normalized spacial score (nSPS) is 11.2. The topological polar surface area (TPSA) is 132 Å². The van der Waals surface area contributed by atoms with Crippen molar-refractivity contribution in [3.05, 3.63) is 68.5 Å². The highest BCUT2D eigenvalue weighted by Gasteiger charge is 2.21. The lowest BCUT2D eigenvalue weighted by molar-refractivity contribution is 0.204. The van der Waals surface area contributed by atoms with Crippen LogP contribution >= 0.6 is 0 Å². The molecule has 0 atom stereocenters. The van der Waals surface area contributed by atoms with Crippen molar-refractivity contribution in [1.29, 1.82) is 0 Å². The van der Waals surface area contributed by atoms with E-state index >= 15 is 0 Å². The number of rotatable bonds is 9. The summed E-state index contributed by atoms with van der Waals surface area (Å²) in [5.74, 6) is 0.995. The van der Waals surface area contributed by atoms with Crippen molar-refractivity contribution in [3.63, 3.8) is 0 Å². The molecule has 0 fully saturated rings. The van der Waals surface area contributed by atoms with Crippen LogP contribution in [0.25, 0.3) is 0 Å². The first-order valence-corrected chi connectivity index (χ1v) is 9.63. The number of methoxy groups -OCH3 is 1. The van der Waals surface area contributed by atoms with Gasteiger partial charge in [-0.05, 0) is 5.56 Å². The third-order valence-electron chi connectivity index (χ3n) is 4.58. The first-order valence-electron chi connectivity index (χ1n) is 9.63. The summed E-state index contributed by atoms with van der Waals surface area (Å²) < 4.78 is 12.2. The second-order valence-corrected chi connectivity index (χ2v) is 7.17. The molecule has 1 aromatic carbocycles. The average molecular weight is 414 g/mol. The van der Waals surface area contributed by atoms with Crippen LogP contribution in [0.4, 0.5) is 11.5 Å². The molecular weight excluding hydrogens is 388 g/mol. The van der Waals surface area contributed by atoms with Gasteiger partial charge in [-0.2, -0.15) is 0 Å². The Morgan fingerprint density at radius 1 is 1.23 bits per heavy atom. The smallest absolute Gasteiger partial charge is 0.330 e. The van der Waals surface area contributed by atoms with Crippen LogP contribution < -0.4 is 21.9 Å². The zero-order chi connectivity index (χ0) is 21.7. The molecule has 0 spiro atoms. The highest BCUT2D eigenvalue weighted by molar-refractivity contribution is 5.62. The number of hydrogen-bond acceptors (Lipinski definition) is 8. The van der Waals surface area contributed by atoms with E-state index in [1.54, 1.807) is 12.0 Å². The first-order chi connectivity index (χ1) is 14.4. The minimum atomic E-state index is -0.582. The minimum absolute atomic E-state index is 0.0623. The van der Waals surface area contributed by atoms with E-state index in [2.05, 4.69) is 15.2 Å². The highest BCUT2D eigenvalue weighted by Crippen LogP contribution is 2.21. The molecule has 0 radical (unpaired) electrons. The first kappa shape index (κ1) is 21.3. The van der Waals surface area contributed by atoms with Gasteiger partial charge >= 0.3 is 5.69 Å². The van der Waals surface area contributed by atoms with E-state index in [1.165, 1.54) is 4.57 Å². The summed E-state index contributed by atoms with van der Waals surface area (Å²) in [4.78, 5) is 29.1. The van der Waals surface area contributed by atoms with Gasteiger partial charge in [0.15, 0.2) is 0 Å². The maximum Gasteiger partial charge on any atom is 0.330 e. The van der Waals surface area contributed by atoms with Gasteiger partial charge in [0, 0.05) is 19.6 Å². The summed E-state index contributed by atoms with van der Waals surface area (Å²) in [6.45, 7) is 4.95. The number of H-pyrrole nitrogens is 1. The Hall–Kier alpha value is -3.40. The zero-order valence-corrected chi connectivity index (χ0v) is 17.3. The molecule has 0 saturated heterocycles. The number of anilines is 2. The standard InChI is InChI=1S/C20H26N6O4/c1-13(2)19-24-23-15(30-19)12-25(9-10-29-3)16-17(21)26(20(28)22-18(16)27)11-14-7-5-4-6-8-14/h4-8,13H,9-12,21H2,1-3H3,(H,22,27,28). The van der Waals surface area contributed by atoms with Gasteiger partial charge in [0.1, 0.15) is 11.5 Å². The van der Waals surface area contributed by atoms with Crippen molar-refractivity contribution >= 4 is 11.5 Å². The fraction of sp³-hybridized carbons (Fsp3) is 0.400. The number of nitrogens with two attached hydrogens (primary N) is 1. The number of hydrogen-bond donors (Lipinski definition) is 2. The molecule has 0 bridgehead atoms. The molecule has 30 heavy (non-hydrogen) atoms. The van der Waals surface area contributed by atoms with Gasteiger partial charge < -0.3 is 19.8 Å². The second kappa shape index (κ2) is 9.40. The Kier molecular flexibility index (Phi) is 6.68. The van der Waals surface area contributed by atoms with E-state index in [-0.39, 0.29) is 30.5 Å². The second-order valence-electron chi connectivity index (χ2n) is 7.17. The number of benzene rings is 1. The van der Waals surface area contributed by atoms with Crippen LogP contribution in [0.2, 0.25) is 0 Å². The van der Waals surface area contributed by atoms with Gasteiger partial charge in [-0.15, -0.1) is 10.2 Å². The van der Waals surface area contributed by atoms with E-state index in [1.807, 2.05) is 44.2 Å². The fourth-order valence-electron chi connectivity index (χ4n) is 3.00. The molecule has 0 aliphatic heterocycles. The number of nitrogens with zero attached hydrogens (tertiary/aromatic N) is 4. The fourth-order valence-corrected chi connectivity index (χ4v) is 3.00. The van der Waals surface area contributed by atoms with Crippen LogP contribution in [0.5, 0.6) is 0 Å². The monoisotopic (exact) mass is 414 g/mol. The molecule has 10 heteroatoms. The zero-order valence-electron chi connectivity index (χ0n) is 17.3. The van der Waals surface area contributed by atoms with Gasteiger partial charge in [-0.25, -0.2) is 4.79 Å². The maximum atomic E-state index is 12.7. The number of aromatic amines is 1. The van der Waals surface area contributed by atoms with Crippen molar-refractivity contribution in [2.75, 3.05) is 30.9 Å². The predicted molar refractivity (Wildman–Crippen MR) is 113 cm³/mol. The third-order valence-corrected chi connectivity index (χ3v) is 4.58. The Morgan fingerprint density at radius 3 is 2.60 bits per heavy atom. The molecule has 0 unspecified atom stereocenters. The molecule has 0 aliphatic carbocycles. The van der Waals surface area contributed by atoms with Gasteiger partial charge in [0.25, 0.3) is 5.56 Å². The lowest BCUT2D eigenvalue weighted by Gasteiger charge is -2.24. The van der Waals surface area contributed by atoms with Crippen LogP contribution in [-0.2, 0) is 17.8 Å². The maximum absolute atomic E-state index is 12.7. The van der Waals surface area contributed by atoms with Gasteiger partial charge in [-0.1, -0.05) is 44.2 Å². The van der Waals surface area contributed by atoms with Crippen LogP contribution in [0.3, 0.4) is 0 Å². The van der Waals surface area contributed by atoms with Crippen molar-refractivity contribution < 1.29 is 9.15 Å². The Morgan fingerprint density at radius 2 is 1.97 bits per heavy atom. The van der Waals surface area contributed by atoms with Gasteiger partial charge in [-0.3, -0.25) is 14.3 Å². The van der Waals surface area contributed by atoms with Crippen molar-refractivity contribution in [2.45, 2.75) is 32.9 Å². The number of ether oxygens (including phenoxy) is 1. The van der Waals surface area contributed by atoms with E-state index in [0.717, 1.165) is 5.56 Å². The predicted octanol–water partition coefficient (Wildman–Crippen LogP) is 1.33. The third kappa shape index (κ3) is 4.77. The van der Waals surface area contributed by atoms with Crippen molar-refractivity contribution in [1.82, 2.24) is 19.7 Å². The number of nitrogens with one attached hydrogen (secondary N) is 1. The summed E-state index contributed by atoms with van der Waals surface area (Å²) in [5.41, 5.74) is 6.19. The molecule has 3 N–H and O–H groups in total. The summed E-state index contributed by atoms with van der Waals surface area (Å²) in [7, 11) is 1.56. The van der Waals surface area contributed by atoms with Crippen molar-refractivity contribution in [2.24, 2.45) is 0 Å². The molecule has 160 valence electrons. The number of aromatic nitrogens is 4. The molecule has 10 nitrogen and oxygen atoms in total. The molecule has 0 amide bonds. The molecular formula is C20H26N6O4. The Balaban J connectivity index is 2.00. The van der Waals surface area contributed by atoms with E-state index < -0.39 is 11.2 Å². The summed E-state index contributed by atoms with van der Waals surface area (Å²) >= 11 is 0. The largest absolute Gasteiger partial charge is 0.423 e. The van der Waals surface area contributed by atoms with Crippen LogP contribution in [0.1, 0.15) is 37.1 Å². The quantitative estimate of drug-likeness (QED) is 0.536. The minimum Gasteiger partial charge on any atom is -0.423 e. The summed E-state index contributed by atoms with van der Waals surface area (Å²) in [5, 5.41) is 8.09. The lowest BCUT2D eigenvalue weighted by Crippen LogP contribution is -2.39. The molecule has 0 saturated carbocycles. The molecule has 3 rings (SSSR count). The lowest BCUT2D eigenvalue weighted by atomic mass is 10.2. The van der Waals surface area contributed by atoms with Gasteiger partial charge in [0.05, 0.1) is 19.7 Å². The SMILES string of the molecule is COCCN(Cc1nnc(C(C)C)o1)c1c(N)n(Cc2ccccc2)c(=O)[nH]c1=O. The number of nitrogen functional groups attached to an aromatic ring is 1. The summed E-state index contributed by atoms with van der Waals surface area (Å²) in [6, 6.07) is 9.39. The molecule has 3 aromatic rings. The summed E-state index contributed by atoms with van der Waals surface area (Å²) in [6.07, 6.45) is 0. The highest BCUT2D eigenvalue weighted by atomic mass is 16.5.